The molecule has 0 atom stereocenters. The minimum atomic E-state index is 0. The van der Waals surface area contributed by atoms with Gasteiger partial charge in [-0.25, -0.2) is 0 Å². The van der Waals surface area contributed by atoms with E-state index >= 15 is 0 Å². The topological polar surface area (TPSA) is 34.1 Å². The Balaban J connectivity index is 0.00000208. The number of thiophene rings is 1. The van der Waals surface area contributed by atoms with E-state index < -0.39 is 0 Å². The Morgan fingerprint density at radius 1 is 1.17 bits per heavy atom. The van der Waals surface area contributed by atoms with Gasteiger partial charge in [0.05, 0.1) is 4.34 Å². The second kappa shape index (κ2) is 10.2. The first-order chi connectivity index (χ1) is 11.2. The molecule has 0 unspecified atom stereocenters. The first-order valence-corrected chi connectivity index (χ1v) is 9.58. The first-order valence-electron chi connectivity index (χ1n) is 8.39. The number of guanidine groups is 1. The molecule has 0 aliphatic carbocycles. The van der Waals surface area contributed by atoms with Gasteiger partial charge in [0, 0.05) is 57.7 Å². The minimum Gasteiger partial charge on any atom is -0.355 e. The molecule has 1 N–H and O–H groups in total. The molecule has 2 aliphatic rings. The van der Waals surface area contributed by atoms with E-state index in [0.29, 0.717) is 0 Å². The van der Waals surface area contributed by atoms with E-state index in [1.165, 1.54) is 24.4 Å². The van der Waals surface area contributed by atoms with Crippen LogP contribution in [0.25, 0.3) is 0 Å². The summed E-state index contributed by atoms with van der Waals surface area (Å²) in [6.07, 6.45) is 1.35. The van der Waals surface area contributed by atoms with E-state index in [1.807, 2.05) is 13.1 Å². The lowest BCUT2D eigenvalue weighted by Gasteiger charge is -2.37. The molecule has 8 heteroatoms. The fraction of sp³-hybridized carbons (Fsp3) is 0.688. The molecular formula is C16H27ClIN5S. The van der Waals surface area contributed by atoms with Crippen LogP contribution in [0.4, 0.5) is 0 Å². The third-order valence-electron chi connectivity index (χ3n) is 4.55. The van der Waals surface area contributed by atoms with Crippen LogP contribution in [0.15, 0.2) is 17.1 Å². The molecule has 0 saturated carbocycles. The Morgan fingerprint density at radius 2 is 1.92 bits per heavy atom. The lowest BCUT2D eigenvalue weighted by molar-refractivity contribution is 0.170. The lowest BCUT2D eigenvalue weighted by Crippen LogP contribution is -2.53. The van der Waals surface area contributed by atoms with Crippen LogP contribution in [0.2, 0.25) is 4.34 Å². The summed E-state index contributed by atoms with van der Waals surface area (Å²) < 4.78 is 0.880. The van der Waals surface area contributed by atoms with Gasteiger partial charge in [-0.15, -0.1) is 35.3 Å². The highest BCUT2D eigenvalue weighted by molar-refractivity contribution is 14.0. The molecule has 3 rings (SSSR count). The van der Waals surface area contributed by atoms with Crippen LogP contribution in [-0.4, -0.2) is 80.1 Å². The van der Waals surface area contributed by atoms with Gasteiger partial charge < -0.3 is 15.1 Å². The van der Waals surface area contributed by atoms with Gasteiger partial charge in [0.25, 0.3) is 0 Å². The average molecular weight is 484 g/mol. The Kier molecular flexibility index (Phi) is 8.56. The summed E-state index contributed by atoms with van der Waals surface area (Å²) in [4.78, 5) is 13.1. The molecule has 0 spiro atoms. The van der Waals surface area contributed by atoms with Gasteiger partial charge >= 0.3 is 0 Å². The zero-order valence-electron chi connectivity index (χ0n) is 14.2. The van der Waals surface area contributed by atoms with Crippen LogP contribution < -0.4 is 5.32 Å². The van der Waals surface area contributed by atoms with Crippen molar-refractivity contribution >= 4 is 52.9 Å². The maximum absolute atomic E-state index is 6.01. The first kappa shape index (κ1) is 20.2. The van der Waals surface area contributed by atoms with Crippen LogP contribution in [0.5, 0.6) is 0 Å². The maximum Gasteiger partial charge on any atom is 0.193 e. The Morgan fingerprint density at radius 3 is 2.46 bits per heavy atom. The molecule has 2 aliphatic heterocycles. The Hall–Kier alpha value is -0.0900. The van der Waals surface area contributed by atoms with E-state index in [0.717, 1.165) is 56.1 Å². The zero-order chi connectivity index (χ0) is 16.1. The molecular weight excluding hydrogens is 457 g/mol. The zero-order valence-corrected chi connectivity index (χ0v) is 18.1. The van der Waals surface area contributed by atoms with Crippen molar-refractivity contribution in [1.82, 2.24) is 20.0 Å². The fourth-order valence-electron chi connectivity index (χ4n) is 3.04. The summed E-state index contributed by atoms with van der Waals surface area (Å²) >= 11 is 7.70. The molecule has 0 radical (unpaired) electrons. The largest absolute Gasteiger partial charge is 0.355 e. The number of hydrogen-bond acceptors (Lipinski definition) is 4. The third-order valence-corrected chi connectivity index (χ3v) is 5.77. The third kappa shape index (κ3) is 5.72. The van der Waals surface area contributed by atoms with E-state index in [4.69, 9.17) is 11.6 Å². The number of nitrogens with zero attached hydrogens (tertiary/aromatic N) is 4. The molecule has 1 aromatic heterocycles. The average Bonchev–Trinajstić information content (AvgIpc) is 2.92. The summed E-state index contributed by atoms with van der Waals surface area (Å²) in [6.45, 7) is 9.83. The van der Waals surface area contributed by atoms with Crippen molar-refractivity contribution in [2.45, 2.75) is 13.0 Å². The van der Waals surface area contributed by atoms with E-state index in [2.05, 4.69) is 31.1 Å². The van der Waals surface area contributed by atoms with Crippen molar-refractivity contribution in [1.29, 1.82) is 0 Å². The summed E-state index contributed by atoms with van der Waals surface area (Å²) in [7, 11) is 1.88. The predicted octanol–water partition coefficient (Wildman–Crippen LogP) is 2.42. The monoisotopic (exact) mass is 483 g/mol. The second-order valence-corrected chi connectivity index (χ2v) is 7.94. The van der Waals surface area contributed by atoms with Gasteiger partial charge in [-0.05, 0) is 31.6 Å². The summed E-state index contributed by atoms with van der Waals surface area (Å²) in [5.41, 5.74) is 0. The van der Waals surface area contributed by atoms with E-state index in [-0.39, 0.29) is 24.0 Å². The minimum absolute atomic E-state index is 0. The fourth-order valence-corrected chi connectivity index (χ4v) is 4.17. The summed E-state index contributed by atoms with van der Waals surface area (Å²) in [5.74, 6) is 1.05. The van der Waals surface area contributed by atoms with E-state index in [9.17, 15) is 0 Å². The van der Waals surface area contributed by atoms with E-state index in [1.54, 1.807) is 11.3 Å². The molecule has 0 bridgehead atoms. The Labute approximate surface area is 171 Å². The van der Waals surface area contributed by atoms with Crippen molar-refractivity contribution in [2.75, 3.05) is 59.4 Å². The normalized spacial score (nSPS) is 19.8. The number of nitrogens with one attached hydrogen (secondary N) is 1. The van der Waals surface area contributed by atoms with Crippen LogP contribution >= 0.6 is 46.9 Å². The second-order valence-electron chi connectivity index (χ2n) is 6.14. The highest BCUT2D eigenvalue weighted by Crippen LogP contribution is 2.23. The number of rotatable bonds is 5. The highest BCUT2D eigenvalue weighted by Gasteiger charge is 2.20. The number of likely N-dealkylation sites (tertiary alicyclic amines) is 1. The standard InChI is InChI=1S/C16H26ClN5S.HI/c1-18-16(19-5-8-20-6-2-7-20)22-11-9-21(10-12-22)13-14-3-4-15(17)23-14;/h3-4H,2,5-13H2,1H3,(H,18,19);1H. The predicted molar refractivity (Wildman–Crippen MR) is 114 cm³/mol. The van der Waals surface area contributed by atoms with Crippen LogP contribution in [0.3, 0.4) is 0 Å². The van der Waals surface area contributed by atoms with Gasteiger partial charge in [0.2, 0.25) is 0 Å². The van der Waals surface area contributed by atoms with Gasteiger partial charge in [-0.3, -0.25) is 9.89 Å². The summed E-state index contributed by atoms with van der Waals surface area (Å²) in [6, 6.07) is 4.12. The van der Waals surface area contributed by atoms with Crippen molar-refractivity contribution in [3.8, 4) is 0 Å². The van der Waals surface area contributed by atoms with Gasteiger partial charge in [0.15, 0.2) is 5.96 Å². The van der Waals surface area contributed by atoms with Crippen molar-refractivity contribution in [3.05, 3.63) is 21.3 Å². The number of aliphatic imine (C=N–C) groups is 1. The van der Waals surface area contributed by atoms with Gasteiger partial charge in [0.1, 0.15) is 0 Å². The van der Waals surface area contributed by atoms with Crippen LogP contribution in [0.1, 0.15) is 11.3 Å². The molecule has 2 saturated heterocycles. The SMILES string of the molecule is CN=C(NCCN1CCC1)N1CCN(Cc2ccc(Cl)s2)CC1.I. The smallest absolute Gasteiger partial charge is 0.193 e. The molecule has 5 nitrogen and oxygen atoms in total. The highest BCUT2D eigenvalue weighted by atomic mass is 127. The quantitative estimate of drug-likeness (QED) is 0.396. The van der Waals surface area contributed by atoms with Crippen LogP contribution in [-0.2, 0) is 6.54 Å². The van der Waals surface area contributed by atoms with Crippen molar-refractivity contribution < 1.29 is 0 Å². The summed E-state index contributed by atoms with van der Waals surface area (Å²) in [5, 5.41) is 3.51. The molecule has 2 fully saturated rings. The molecule has 0 amide bonds. The number of halogens is 2. The molecule has 24 heavy (non-hydrogen) atoms. The molecule has 136 valence electrons. The van der Waals surface area contributed by atoms with Gasteiger partial charge in [-0.1, -0.05) is 11.6 Å². The lowest BCUT2D eigenvalue weighted by atomic mass is 10.2. The molecule has 3 heterocycles. The van der Waals surface area contributed by atoms with Crippen LogP contribution in [0, 0.1) is 0 Å². The number of piperazine rings is 1. The van der Waals surface area contributed by atoms with Gasteiger partial charge in [-0.2, -0.15) is 0 Å². The molecule has 1 aromatic rings. The maximum atomic E-state index is 6.01. The number of hydrogen-bond donors (Lipinski definition) is 1. The Bertz CT molecular complexity index is 526. The van der Waals surface area contributed by atoms with Crippen molar-refractivity contribution in [3.63, 3.8) is 0 Å². The molecule has 0 aromatic carbocycles. The van der Waals surface area contributed by atoms with Crippen molar-refractivity contribution in [2.24, 2.45) is 4.99 Å².